The molecule has 13 aromatic rings. The lowest BCUT2D eigenvalue weighted by Gasteiger charge is -2.15. The minimum Gasteiger partial charge on any atom is -0.309 e. The van der Waals surface area contributed by atoms with Gasteiger partial charge in [-0.25, -0.2) is 15.0 Å². The van der Waals surface area contributed by atoms with Crippen LogP contribution in [0.25, 0.3) is 122 Å². The molecule has 0 atom stereocenters. The quantitative estimate of drug-likeness (QED) is 0.169. The molecule has 0 aliphatic heterocycles. The van der Waals surface area contributed by atoms with Gasteiger partial charge in [0, 0.05) is 43.9 Å². The lowest BCUT2D eigenvalue weighted by Crippen LogP contribution is -2.03. The average Bonchev–Trinajstić information content (AvgIpc) is 3.87. The second kappa shape index (κ2) is 13.6. The van der Waals surface area contributed by atoms with Crippen LogP contribution in [0.3, 0.4) is 0 Å². The number of nitrogens with zero attached hydrogens (tertiary/aromatic N) is 5. The van der Waals surface area contributed by atoms with E-state index in [4.69, 9.17) is 15.0 Å². The summed E-state index contributed by atoms with van der Waals surface area (Å²) in [5.74, 6) is 1.88. The molecular formula is C57H35N5. The first-order valence-electron chi connectivity index (χ1n) is 21.0. The van der Waals surface area contributed by atoms with Crippen LogP contribution < -0.4 is 0 Å². The van der Waals surface area contributed by atoms with Crippen LogP contribution in [0.2, 0.25) is 0 Å². The fourth-order valence-corrected chi connectivity index (χ4v) is 9.86. The van der Waals surface area contributed by atoms with E-state index in [2.05, 4.69) is 185 Å². The van der Waals surface area contributed by atoms with Crippen LogP contribution in [-0.2, 0) is 0 Å². The minimum atomic E-state index is 0.617. The van der Waals surface area contributed by atoms with Gasteiger partial charge in [-0.05, 0) is 87.3 Å². The van der Waals surface area contributed by atoms with E-state index in [0.717, 1.165) is 39.1 Å². The van der Waals surface area contributed by atoms with E-state index in [-0.39, 0.29) is 0 Å². The molecule has 0 amide bonds. The molecule has 0 spiro atoms. The van der Waals surface area contributed by atoms with E-state index in [1.165, 1.54) is 65.3 Å². The van der Waals surface area contributed by atoms with E-state index in [9.17, 15) is 0 Å². The Hall–Kier alpha value is -8.41. The van der Waals surface area contributed by atoms with Crippen molar-refractivity contribution in [1.82, 2.24) is 24.1 Å². The van der Waals surface area contributed by atoms with E-state index in [1.54, 1.807) is 0 Å². The van der Waals surface area contributed by atoms with Gasteiger partial charge in [0.25, 0.3) is 0 Å². The summed E-state index contributed by atoms with van der Waals surface area (Å²) >= 11 is 0. The first-order chi connectivity index (χ1) is 30.8. The molecule has 5 heteroatoms. The van der Waals surface area contributed by atoms with Gasteiger partial charge >= 0.3 is 0 Å². The summed E-state index contributed by atoms with van der Waals surface area (Å²) in [4.78, 5) is 15.5. The SMILES string of the molecule is c1ccc(-c2cc3c4ccccc4c4cccc5c4c4c6c3c(c2)n(-c2ccccc2)c6ccc4n5-c2ccccc2-c2nc(-c3ccccc3)nc(-c3ccccc3)n2)cc1. The molecule has 0 unspecified atom stereocenters. The third-order valence-electron chi connectivity index (χ3n) is 12.5. The van der Waals surface area contributed by atoms with Gasteiger partial charge in [-0.1, -0.05) is 158 Å². The van der Waals surface area contributed by atoms with Gasteiger partial charge in [-0.2, -0.15) is 0 Å². The van der Waals surface area contributed by atoms with Crippen LogP contribution in [0, 0.1) is 0 Å². The number of benzene rings is 9. The molecule has 0 aliphatic carbocycles. The van der Waals surface area contributed by atoms with Crippen molar-refractivity contribution < 1.29 is 0 Å². The average molecular weight is 790 g/mol. The highest BCUT2D eigenvalue weighted by Crippen LogP contribution is 2.49. The van der Waals surface area contributed by atoms with Crippen molar-refractivity contribution in [1.29, 1.82) is 0 Å². The monoisotopic (exact) mass is 789 g/mol. The number of hydrogen-bond acceptors (Lipinski definition) is 3. The first-order valence-corrected chi connectivity index (χ1v) is 21.0. The number of fused-ring (bicyclic) bond motifs is 3. The Morgan fingerprint density at radius 1 is 0.274 bits per heavy atom. The Labute approximate surface area is 356 Å². The smallest absolute Gasteiger partial charge is 0.166 e. The number of rotatable bonds is 6. The summed E-state index contributed by atoms with van der Waals surface area (Å²) in [5.41, 5.74) is 11.9. The topological polar surface area (TPSA) is 48.5 Å². The van der Waals surface area contributed by atoms with Crippen LogP contribution in [0.5, 0.6) is 0 Å². The van der Waals surface area contributed by atoms with Crippen LogP contribution in [0.15, 0.2) is 212 Å². The zero-order valence-corrected chi connectivity index (χ0v) is 33.4. The first kappa shape index (κ1) is 34.5. The Morgan fingerprint density at radius 2 is 0.758 bits per heavy atom. The van der Waals surface area contributed by atoms with Gasteiger partial charge in [0.2, 0.25) is 0 Å². The van der Waals surface area contributed by atoms with Crippen molar-refractivity contribution in [2.45, 2.75) is 0 Å². The molecule has 5 nitrogen and oxygen atoms in total. The van der Waals surface area contributed by atoms with Crippen molar-refractivity contribution in [2.75, 3.05) is 0 Å². The summed E-state index contributed by atoms with van der Waals surface area (Å²) < 4.78 is 4.91. The lowest BCUT2D eigenvalue weighted by atomic mass is 9.92. The van der Waals surface area contributed by atoms with Crippen LogP contribution in [0.4, 0.5) is 0 Å². The molecule has 3 aromatic heterocycles. The predicted octanol–water partition coefficient (Wildman–Crippen LogP) is 14.5. The number of aromatic nitrogens is 5. The van der Waals surface area contributed by atoms with Gasteiger partial charge in [-0.15, -0.1) is 0 Å². The van der Waals surface area contributed by atoms with Crippen molar-refractivity contribution in [3.05, 3.63) is 212 Å². The van der Waals surface area contributed by atoms with Gasteiger partial charge in [0.05, 0.1) is 27.8 Å². The maximum absolute atomic E-state index is 5.22. The largest absolute Gasteiger partial charge is 0.309 e. The highest BCUT2D eigenvalue weighted by Gasteiger charge is 2.26. The second-order valence-corrected chi connectivity index (χ2v) is 15.9. The van der Waals surface area contributed by atoms with Crippen molar-refractivity contribution >= 4 is 65.2 Å². The fourth-order valence-electron chi connectivity index (χ4n) is 9.86. The molecule has 0 bridgehead atoms. The van der Waals surface area contributed by atoms with E-state index in [1.807, 2.05) is 36.4 Å². The molecule has 0 saturated carbocycles. The van der Waals surface area contributed by atoms with Crippen molar-refractivity contribution in [3.63, 3.8) is 0 Å². The molecule has 0 fully saturated rings. The van der Waals surface area contributed by atoms with Crippen LogP contribution in [0.1, 0.15) is 0 Å². The molecule has 0 saturated heterocycles. The molecule has 0 aliphatic rings. The van der Waals surface area contributed by atoms with E-state index in [0.29, 0.717) is 17.5 Å². The summed E-state index contributed by atoms with van der Waals surface area (Å²) in [6.45, 7) is 0. The zero-order chi connectivity index (χ0) is 40.7. The normalized spacial score (nSPS) is 11.9. The molecule has 3 heterocycles. The number of para-hydroxylation sites is 2. The Kier molecular flexibility index (Phi) is 7.54. The van der Waals surface area contributed by atoms with Crippen LogP contribution in [-0.4, -0.2) is 24.1 Å². The van der Waals surface area contributed by atoms with Gasteiger partial charge < -0.3 is 9.13 Å². The molecule has 0 radical (unpaired) electrons. The second-order valence-electron chi connectivity index (χ2n) is 15.9. The maximum atomic E-state index is 5.22. The van der Waals surface area contributed by atoms with Crippen molar-refractivity contribution in [2.24, 2.45) is 0 Å². The Morgan fingerprint density at radius 3 is 1.42 bits per heavy atom. The van der Waals surface area contributed by atoms with E-state index >= 15 is 0 Å². The highest BCUT2D eigenvalue weighted by atomic mass is 15.1. The van der Waals surface area contributed by atoms with Gasteiger partial charge in [-0.3, -0.25) is 0 Å². The number of hydrogen-bond donors (Lipinski definition) is 0. The van der Waals surface area contributed by atoms with E-state index < -0.39 is 0 Å². The third kappa shape index (κ3) is 5.12. The summed E-state index contributed by atoms with van der Waals surface area (Å²) in [6, 6.07) is 75.7. The molecule has 0 N–H and O–H groups in total. The molecule has 10 aromatic carbocycles. The Bertz CT molecular complexity index is 3780. The zero-order valence-electron chi connectivity index (χ0n) is 33.4. The van der Waals surface area contributed by atoms with Crippen molar-refractivity contribution in [3.8, 4) is 56.7 Å². The fraction of sp³-hybridized carbons (Fsp3) is 0. The summed E-state index contributed by atoms with van der Waals surface area (Å²) in [7, 11) is 0. The highest BCUT2D eigenvalue weighted by molar-refractivity contribution is 6.39. The molecule has 62 heavy (non-hydrogen) atoms. The minimum absolute atomic E-state index is 0.617. The summed E-state index contributed by atoms with van der Waals surface area (Å²) in [5, 5.41) is 9.83. The standard InChI is InChI=1S/C57H35N5/c1-5-18-36(19-6-1)39-34-45-42-27-14-13-26-41(42)43-29-17-31-47-51(43)54-49(33-32-48-53(54)52(45)50(35-39)61(48)40-24-11-4-12-25-40)62(47)46-30-16-15-28-44(46)57-59-55(37-20-7-2-8-21-37)58-56(60-57)38-22-9-3-10-23-38/h1-35H. The third-order valence-corrected chi connectivity index (χ3v) is 12.5. The molecule has 288 valence electrons. The molecular weight excluding hydrogens is 755 g/mol. The summed E-state index contributed by atoms with van der Waals surface area (Å²) in [6.07, 6.45) is 0. The van der Waals surface area contributed by atoms with Gasteiger partial charge in [0.1, 0.15) is 0 Å². The lowest BCUT2D eigenvalue weighted by molar-refractivity contribution is 1.06. The molecule has 13 rings (SSSR count). The van der Waals surface area contributed by atoms with Gasteiger partial charge in [0.15, 0.2) is 17.5 Å². The Balaban J connectivity index is 1.19. The maximum Gasteiger partial charge on any atom is 0.166 e. The van der Waals surface area contributed by atoms with Crippen LogP contribution >= 0.6 is 0 Å². The predicted molar refractivity (Wildman–Crippen MR) is 256 cm³/mol.